The number of hydrogen-bond acceptors (Lipinski definition) is 8. The van der Waals surface area contributed by atoms with E-state index in [1.165, 1.54) is 24.4 Å². The average molecular weight is 609 g/mol. The number of pyridine rings is 2. The minimum Gasteiger partial charge on any atom is -0.359 e. The van der Waals surface area contributed by atoms with Gasteiger partial charge in [-0.3, -0.25) is 19.3 Å². The number of carbonyl (C=O) groups excluding carboxylic acids is 2. The van der Waals surface area contributed by atoms with E-state index in [4.69, 9.17) is 16.6 Å². The molecule has 2 amide bonds. The quantitative estimate of drug-likeness (QED) is 0.295. The number of amides is 2. The number of nitrogens with one attached hydrogen (secondary N) is 2. The Kier molecular flexibility index (Phi) is 8.41. The van der Waals surface area contributed by atoms with Gasteiger partial charge in [0.15, 0.2) is 5.82 Å². The molecule has 1 aliphatic heterocycles. The third-order valence-corrected chi connectivity index (χ3v) is 7.50. The molecule has 0 aliphatic carbocycles. The largest absolute Gasteiger partial charge is 0.359 e. The highest BCUT2D eigenvalue weighted by atomic mass is 35.5. The molecule has 42 heavy (non-hydrogen) atoms. The van der Waals surface area contributed by atoms with Crippen LogP contribution in [0.3, 0.4) is 0 Å². The molecule has 1 fully saturated rings. The van der Waals surface area contributed by atoms with Crippen LogP contribution in [0.2, 0.25) is 5.02 Å². The molecule has 0 spiro atoms. The third kappa shape index (κ3) is 7.22. The minimum absolute atomic E-state index is 0.0453. The highest BCUT2D eigenvalue weighted by Crippen LogP contribution is 2.25. The Morgan fingerprint density at radius 3 is 2.62 bits per heavy atom. The molecular formula is C28H29ClN8O4S. The number of aromatic nitrogens is 4. The molecular weight excluding hydrogens is 580 g/mol. The molecule has 218 valence electrons. The first-order chi connectivity index (χ1) is 20.0. The Morgan fingerprint density at radius 2 is 1.88 bits per heavy atom. The van der Waals surface area contributed by atoms with Crippen molar-refractivity contribution in [3.63, 3.8) is 0 Å². The summed E-state index contributed by atoms with van der Waals surface area (Å²) in [6.45, 7) is 1.60. The van der Waals surface area contributed by atoms with Crippen molar-refractivity contribution in [2.45, 2.75) is 12.8 Å². The van der Waals surface area contributed by atoms with Crippen molar-refractivity contribution in [3.05, 3.63) is 89.1 Å². The van der Waals surface area contributed by atoms with E-state index in [0.29, 0.717) is 37.4 Å². The molecule has 0 unspecified atom stereocenters. The van der Waals surface area contributed by atoms with Crippen LogP contribution in [0.25, 0.3) is 5.82 Å². The molecule has 2 N–H and O–H groups in total. The number of piperazine rings is 1. The van der Waals surface area contributed by atoms with Crippen LogP contribution in [0, 0.1) is 0 Å². The summed E-state index contributed by atoms with van der Waals surface area (Å²) < 4.78 is 27.1. The molecule has 0 bridgehead atoms. The van der Waals surface area contributed by atoms with Gasteiger partial charge in [0.25, 0.3) is 5.91 Å². The number of hydrogen-bond donors (Lipinski definition) is 2. The lowest BCUT2D eigenvalue weighted by atomic mass is 10.1. The van der Waals surface area contributed by atoms with Crippen LogP contribution in [0.1, 0.15) is 21.5 Å². The minimum atomic E-state index is -3.53. The summed E-state index contributed by atoms with van der Waals surface area (Å²) in [5, 5.41) is 7.38. The normalized spacial score (nSPS) is 13.7. The first kappa shape index (κ1) is 29.0. The number of aryl methyl sites for hydroxylation is 2. The van der Waals surface area contributed by atoms with Gasteiger partial charge >= 0.3 is 0 Å². The summed E-state index contributed by atoms with van der Waals surface area (Å²) in [7, 11) is -1.73. The molecule has 5 rings (SSSR count). The smallest absolute Gasteiger partial charge is 0.258 e. The fraction of sp³-hybridized carbons (Fsp3) is 0.250. The van der Waals surface area contributed by atoms with Crippen LogP contribution in [0.4, 0.5) is 17.1 Å². The molecule has 14 heteroatoms. The van der Waals surface area contributed by atoms with E-state index >= 15 is 0 Å². The Bertz CT molecular complexity index is 1730. The van der Waals surface area contributed by atoms with E-state index in [1.54, 1.807) is 35.2 Å². The van der Waals surface area contributed by atoms with Crippen molar-refractivity contribution in [3.8, 4) is 5.82 Å². The summed E-state index contributed by atoms with van der Waals surface area (Å²) in [5.74, 6) is 0.145. The summed E-state index contributed by atoms with van der Waals surface area (Å²) >= 11 is 6.13. The zero-order valence-corrected chi connectivity index (χ0v) is 24.6. The number of halogens is 1. The fourth-order valence-electron chi connectivity index (χ4n) is 4.55. The zero-order valence-electron chi connectivity index (χ0n) is 23.0. The molecule has 0 atom stereocenters. The molecule has 1 aliphatic rings. The van der Waals surface area contributed by atoms with Crippen LogP contribution in [-0.4, -0.2) is 77.8 Å². The molecule has 0 saturated carbocycles. The van der Waals surface area contributed by atoms with Crippen molar-refractivity contribution >= 4 is 50.5 Å². The second kappa shape index (κ2) is 12.2. The van der Waals surface area contributed by atoms with Crippen LogP contribution in [-0.2, 0) is 27.7 Å². The monoisotopic (exact) mass is 608 g/mol. The van der Waals surface area contributed by atoms with Crippen molar-refractivity contribution in [2.75, 3.05) is 47.9 Å². The standard InChI is InChI=1S/C28H29ClN8O4S/c1-35-8-9-36(18-26(35)38)25-10-20(6-5-19-4-3-7-30-14-19)27(31-16-25)37-17-21(15-32-37)28(39)33-23-11-22(29)12-24(13-23)34-42(2,40)41/h3-4,7,10-17,34H,5-6,8-9,18H2,1-2H3,(H,33,39). The topological polar surface area (TPSA) is 142 Å². The second-order valence-corrected chi connectivity index (χ2v) is 12.2. The molecule has 3 aromatic heterocycles. The van der Waals surface area contributed by atoms with Gasteiger partial charge in [0.2, 0.25) is 15.9 Å². The maximum absolute atomic E-state index is 13.1. The van der Waals surface area contributed by atoms with E-state index < -0.39 is 15.9 Å². The lowest BCUT2D eigenvalue weighted by Crippen LogP contribution is -2.48. The zero-order chi connectivity index (χ0) is 29.9. The number of carbonyl (C=O) groups is 2. The predicted octanol–water partition coefficient (Wildman–Crippen LogP) is 3.00. The number of sulfonamides is 1. The SMILES string of the molecule is CN1CCN(c2cnc(-n3cc(C(=O)Nc4cc(Cl)cc(NS(C)(=O)=O)c4)cn3)c(CCc3cccnc3)c2)CC1=O. The molecule has 12 nitrogen and oxygen atoms in total. The highest BCUT2D eigenvalue weighted by Gasteiger charge is 2.23. The molecule has 0 radical (unpaired) electrons. The maximum Gasteiger partial charge on any atom is 0.258 e. The first-order valence-electron chi connectivity index (χ1n) is 13.1. The van der Waals surface area contributed by atoms with Gasteiger partial charge in [0.05, 0.1) is 42.1 Å². The molecule has 4 heterocycles. The van der Waals surface area contributed by atoms with Gasteiger partial charge in [0.1, 0.15) is 0 Å². The Morgan fingerprint density at radius 1 is 1.07 bits per heavy atom. The number of benzene rings is 1. The highest BCUT2D eigenvalue weighted by molar-refractivity contribution is 7.92. The number of anilines is 3. The number of nitrogens with zero attached hydrogens (tertiary/aromatic N) is 6. The van der Waals surface area contributed by atoms with Gasteiger partial charge in [-0.2, -0.15) is 5.10 Å². The van der Waals surface area contributed by atoms with Crippen molar-refractivity contribution in [1.82, 2.24) is 24.6 Å². The first-order valence-corrected chi connectivity index (χ1v) is 15.3. The van der Waals surface area contributed by atoms with E-state index in [1.807, 2.05) is 29.3 Å². The van der Waals surface area contributed by atoms with Crippen LogP contribution < -0.4 is 14.9 Å². The van der Waals surface area contributed by atoms with Gasteiger partial charge in [-0.15, -0.1) is 0 Å². The second-order valence-electron chi connectivity index (χ2n) is 10.0. The molecule has 4 aromatic rings. The number of rotatable bonds is 9. The summed E-state index contributed by atoms with van der Waals surface area (Å²) in [6, 6.07) is 10.3. The summed E-state index contributed by atoms with van der Waals surface area (Å²) in [4.78, 5) is 38.0. The van der Waals surface area contributed by atoms with E-state index in [-0.39, 0.29) is 28.7 Å². The van der Waals surface area contributed by atoms with Crippen molar-refractivity contribution < 1.29 is 18.0 Å². The Labute approximate surface area is 248 Å². The van der Waals surface area contributed by atoms with Gasteiger partial charge in [-0.1, -0.05) is 17.7 Å². The summed E-state index contributed by atoms with van der Waals surface area (Å²) in [5.41, 5.74) is 3.60. The maximum atomic E-state index is 13.1. The average Bonchev–Trinajstić information content (AvgIpc) is 3.43. The number of likely N-dealkylation sites (N-methyl/N-ethyl adjacent to an activating group) is 1. The van der Waals surface area contributed by atoms with Crippen molar-refractivity contribution in [1.29, 1.82) is 0 Å². The van der Waals surface area contributed by atoms with Gasteiger partial charge in [-0.05, 0) is 54.3 Å². The third-order valence-electron chi connectivity index (χ3n) is 6.68. The van der Waals surface area contributed by atoms with Crippen LogP contribution in [0.5, 0.6) is 0 Å². The van der Waals surface area contributed by atoms with Crippen molar-refractivity contribution in [2.24, 2.45) is 0 Å². The molecule has 1 saturated heterocycles. The lowest BCUT2D eigenvalue weighted by molar-refractivity contribution is -0.129. The van der Waals surface area contributed by atoms with E-state index in [0.717, 1.165) is 23.1 Å². The fourth-order valence-corrected chi connectivity index (χ4v) is 5.33. The van der Waals surface area contributed by atoms with Gasteiger partial charge in [0, 0.05) is 49.4 Å². The Hall–Kier alpha value is -4.49. The van der Waals surface area contributed by atoms with Gasteiger partial charge in [-0.25, -0.2) is 18.1 Å². The Balaban J connectivity index is 1.39. The van der Waals surface area contributed by atoms with Crippen LogP contribution >= 0.6 is 11.6 Å². The lowest BCUT2D eigenvalue weighted by Gasteiger charge is -2.33. The summed E-state index contributed by atoms with van der Waals surface area (Å²) in [6.07, 6.45) is 10.6. The van der Waals surface area contributed by atoms with E-state index in [9.17, 15) is 18.0 Å². The van der Waals surface area contributed by atoms with Crippen LogP contribution in [0.15, 0.2) is 67.4 Å². The van der Waals surface area contributed by atoms with E-state index in [2.05, 4.69) is 20.1 Å². The molecule has 1 aromatic carbocycles. The predicted molar refractivity (Wildman–Crippen MR) is 161 cm³/mol. The van der Waals surface area contributed by atoms with Gasteiger partial charge < -0.3 is 15.1 Å².